The third-order valence-electron chi connectivity index (χ3n) is 3.21. The molecule has 0 aromatic heterocycles. The van der Waals surface area contributed by atoms with Gasteiger partial charge in [-0.3, -0.25) is 4.79 Å². The third-order valence-corrected chi connectivity index (χ3v) is 3.21. The highest BCUT2D eigenvalue weighted by Gasteiger charge is 2.15. The molecule has 1 aromatic carbocycles. The molecule has 108 valence electrons. The number of nitriles is 1. The third kappa shape index (κ3) is 5.31. The number of carboxylic acids is 1. The number of hydrogen-bond donors (Lipinski definition) is 2. The van der Waals surface area contributed by atoms with Crippen LogP contribution in [0.5, 0.6) is 0 Å². The van der Waals surface area contributed by atoms with Gasteiger partial charge >= 0.3 is 5.97 Å². The second-order valence-corrected chi connectivity index (χ2v) is 5.62. The second-order valence-electron chi connectivity index (χ2n) is 5.62. The van der Waals surface area contributed by atoms with Crippen molar-refractivity contribution >= 4 is 11.7 Å². The number of nitrogens with one attached hydrogen (secondary N) is 1. The molecule has 0 bridgehead atoms. The normalized spacial score (nSPS) is 11.9. The van der Waals surface area contributed by atoms with Crippen LogP contribution in [0.1, 0.15) is 37.8 Å². The summed E-state index contributed by atoms with van der Waals surface area (Å²) in [6.45, 7) is 6.73. The van der Waals surface area contributed by atoms with Crippen molar-refractivity contribution in [2.45, 2.75) is 33.6 Å². The number of anilines is 1. The topological polar surface area (TPSA) is 73.1 Å². The largest absolute Gasteiger partial charge is 0.481 e. The summed E-state index contributed by atoms with van der Waals surface area (Å²) < 4.78 is 0. The molecule has 0 amide bonds. The second kappa shape index (κ2) is 7.54. The lowest BCUT2D eigenvalue weighted by molar-refractivity contribution is -0.138. The minimum Gasteiger partial charge on any atom is -0.481 e. The van der Waals surface area contributed by atoms with Crippen LogP contribution in [0.15, 0.2) is 18.2 Å². The number of benzene rings is 1. The minimum absolute atomic E-state index is 0.114. The molecule has 0 spiro atoms. The Morgan fingerprint density at radius 1 is 1.45 bits per heavy atom. The van der Waals surface area contributed by atoms with Gasteiger partial charge in [0.15, 0.2) is 0 Å². The van der Waals surface area contributed by atoms with Gasteiger partial charge in [-0.2, -0.15) is 5.26 Å². The Bertz CT molecular complexity index is 504. The highest BCUT2D eigenvalue weighted by Crippen LogP contribution is 2.19. The van der Waals surface area contributed by atoms with Crippen LogP contribution in [-0.2, 0) is 4.79 Å². The van der Waals surface area contributed by atoms with E-state index in [-0.39, 0.29) is 12.3 Å². The van der Waals surface area contributed by atoms with Gasteiger partial charge in [0.1, 0.15) is 0 Å². The van der Waals surface area contributed by atoms with Gasteiger partial charge in [-0.1, -0.05) is 13.8 Å². The van der Waals surface area contributed by atoms with E-state index in [1.54, 1.807) is 6.07 Å². The van der Waals surface area contributed by atoms with Gasteiger partial charge in [0.2, 0.25) is 0 Å². The number of carboxylic acid groups (broad SMARTS) is 1. The Hall–Kier alpha value is -2.02. The van der Waals surface area contributed by atoms with Crippen molar-refractivity contribution in [3.05, 3.63) is 29.3 Å². The van der Waals surface area contributed by atoms with Crippen LogP contribution in [0.25, 0.3) is 0 Å². The summed E-state index contributed by atoms with van der Waals surface area (Å²) in [6.07, 6.45) is 1.06. The molecule has 1 rings (SSSR count). The van der Waals surface area contributed by atoms with E-state index < -0.39 is 5.97 Å². The fourth-order valence-corrected chi connectivity index (χ4v) is 2.31. The first-order valence-electron chi connectivity index (χ1n) is 6.88. The van der Waals surface area contributed by atoms with Crippen LogP contribution >= 0.6 is 0 Å². The molecule has 0 radical (unpaired) electrons. The first-order chi connectivity index (χ1) is 9.42. The zero-order chi connectivity index (χ0) is 15.1. The van der Waals surface area contributed by atoms with Gasteiger partial charge in [-0.15, -0.1) is 0 Å². The van der Waals surface area contributed by atoms with E-state index in [1.807, 2.05) is 19.1 Å². The Morgan fingerprint density at radius 3 is 2.65 bits per heavy atom. The average Bonchev–Trinajstić information content (AvgIpc) is 2.34. The summed E-state index contributed by atoms with van der Waals surface area (Å²) in [5.41, 5.74) is 2.52. The maximum atomic E-state index is 10.9. The highest BCUT2D eigenvalue weighted by molar-refractivity contribution is 5.67. The zero-order valence-electron chi connectivity index (χ0n) is 12.3. The molecule has 0 heterocycles. The number of aliphatic carboxylic acids is 1. The SMILES string of the molecule is Cc1cc(NCC(CC(=O)O)CC(C)C)ccc1C#N. The molecule has 1 unspecified atom stereocenters. The number of aryl methyl sites for hydroxylation is 1. The standard InChI is InChI=1S/C16H22N2O2/c1-11(2)6-13(8-16(19)20)10-18-15-5-4-14(9-17)12(3)7-15/h4-5,7,11,13,18H,6,8,10H2,1-3H3,(H,19,20). The summed E-state index contributed by atoms with van der Waals surface area (Å²) >= 11 is 0. The van der Waals surface area contributed by atoms with Gasteiger partial charge < -0.3 is 10.4 Å². The molecule has 0 aliphatic carbocycles. The molecule has 1 aromatic rings. The lowest BCUT2D eigenvalue weighted by Crippen LogP contribution is -2.19. The smallest absolute Gasteiger partial charge is 0.303 e. The zero-order valence-corrected chi connectivity index (χ0v) is 12.3. The van der Waals surface area contributed by atoms with Crippen molar-refractivity contribution in [3.8, 4) is 6.07 Å². The summed E-state index contributed by atoms with van der Waals surface area (Å²) in [5.74, 6) is -0.166. The van der Waals surface area contributed by atoms with Crippen LogP contribution in [0, 0.1) is 30.1 Å². The number of hydrogen-bond acceptors (Lipinski definition) is 3. The summed E-state index contributed by atoms with van der Waals surface area (Å²) in [7, 11) is 0. The lowest BCUT2D eigenvalue weighted by Gasteiger charge is -2.18. The summed E-state index contributed by atoms with van der Waals surface area (Å²) in [5, 5.41) is 21.1. The first-order valence-corrected chi connectivity index (χ1v) is 6.88. The van der Waals surface area contributed by atoms with Crippen molar-refractivity contribution < 1.29 is 9.90 Å². The first kappa shape index (κ1) is 16.0. The number of nitrogens with zero attached hydrogens (tertiary/aromatic N) is 1. The maximum Gasteiger partial charge on any atom is 0.303 e. The van der Waals surface area contributed by atoms with Gasteiger partial charge in [-0.05, 0) is 48.9 Å². The lowest BCUT2D eigenvalue weighted by atomic mass is 9.94. The van der Waals surface area contributed by atoms with Gasteiger partial charge in [-0.25, -0.2) is 0 Å². The minimum atomic E-state index is -0.756. The van der Waals surface area contributed by atoms with Crippen LogP contribution in [-0.4, -0.2) is 17.6 Å². The molecule has 4 heteroatoms. The molecule has 20 heavy (non-hydrogen) atoms. The molecule has 0 saturated heterocycles. The van der Waals surface area contributed by atoms with Crippen LogP contribution < -0.4 is 5.32 Å². The van der Waals surface area contributed by atoms with Crippen LogP contribution in [0.3, 0.4) is 0 Å². The van der Waals surface area contributed by atoms with Crippen LogP contribution in [0.2, 0.25) is 0 Å². The predicted molar refractivity (Wildman–Crippen MR) is 79.6 cm³/mol. The van der Waals surface area contributed by atoms with E-state index >= 15 is 0 Å². The van der Waals surface area contributed by atoms with Crippen molar-refractivity contribution in [2.24, 2.45) is 11.8 Å². The van der Waals surface area contributed by atoms with Crippen molar-refractivity contribution in [3.63, 3.8) is 0 Å². The molecule has 4 nitrogen and oxygen atoms in total. The number of rotatable bonds is 7. The molecule has 0 fully saturated rings. The van der Waals surface area contributed by atoms with E-state index in [2.05, 4.69) is 25.2 Å². The molecule has 0 saturated carbocycles. The average molecular weight is 274 g/mol. The quantitative estimate of drug-likeness (QED) is 0.799. The molecular formula is C16H22N2O2. The fourth-order valence-electron chi connectivity index (χ4n) is 2.31. The summed E-state index contributed by atoms with van der Waals surface area (Å²) in [6, 6.07) is 7.70. The summed E-state index contributed by atoms with van der Waals surface area (Å²) in [4.78, 5) is 10.9. The Labute approximate surface area is 120 Å². The molecule has 0 aliphatic heterocycles. The molecule has 0 aliphatic rings. The Balaban J connectivity index is 2.64. The van der Waals surface area contributed by atoms with Gasteiger partial charge in [0.25, 0.3) is 0 Å². The van der Waals surface area contributed by atoms with E-state index in [1.165, 1.54) is 0 Å². The maximum absolute atomic E-state index is 10.9. The van der Waals surface area contributed by atoms with E-state index in [9.17, 15) is 4.79 Å². The van der Waals surface area contributed by atoms with E-state index in [4.69, 9.17) is 10.4 Å². The molecular weight excluding hydrogens is 252 g/mol. The van der Waals surface area contributed by atoms with Crippen molar-refractivity contribution in [2.75, 3.05) is 11.9 Å². The van der Waals surface area contributed by atoms with E-state index in [0.717, 1.165) is 17.7 Å². The Kier molecular flexibility index (Phi) is 6.05. The molecule has 2 N–H and O–H groups in total. The van der Waals surface area contributed by atoms with Gasteiger partial charge in [0, 0.05) is 18.7 Å². The highest BCUT2D eigenvalue weighted by atomic mass is 16.4. The fraction of sp³-hybridized carbons (Fsp3) is 0.500. The van der Waals surface area contributed by atoms with Crippen LogP contribution in [0.4, 0.5) is 5.69 Å². The Morgan fingerprint density at radius 2 is 2.15 bits per heavy atom. The van der Waals surface area contributed by atoms with Gasteiger partial charge in [0.05, 0.1) is 11.6 Å². The van der Waals surface area contributed by atoms with Crippen molar-refractivity contribution in [1.29, 1.82) is 5.26 Å². The number of carbonyl (C=O) groups is 1. The molecule has 1 atom stereocenters. The monoisotopic (exact) mass is 274 g/mol. The van der Waals surface area contributed by atoms with E-state index in [0.29, 0.717) is 18.0 Å². The van der Waals surface area contributed by atoms with Crippen molar-refractivity contribution in [1.82, 2.24) is 0 Å². The predicted octanol–water partition coefficient (Wildman–Crippen LogP) is 3.42.